The number of rotatable bonds is 1. The van der Waals surface area contributed by atoms with E-state index in [1.165, 1.54) is 5.56 Å². The van der Waals surface area contributed by atoms with Crippen molar-refractivity contribution in [2.45, 2.75) is 13.8 Å². The van der Waals surface area contributed by atoms with Gasteiger partial charge < -0.3 is 0 Å². The van der Waals surface area contributed by atoms with Gasteiger partial charge in [0.1, 0.15) is 6.07 Å². The van der Waals surface area contributed by atoms with Gasteiger partial charge in [-0.3, -0.25) is 0 Å². The van der Waals surface area contributed by atoms with E-state index in [4.69, 9.17) is 5.26 Å². The monoisotopic (exact) mass is 207 g/mol. The lowest BCUT2D eigenvalue weighted by atomic mass is 9.96. The zero-order valence-electron chi connectivity index (χ0n) is 9.49. The Bertz CT molecular complexity index is 545. The molecule has 1 nitrogen and oxygen atoms in total. The first-order chi connectivity index (χ1) is 7.72. The van der Waals surface area contributed by atoms with Gasteiger partial charge in [0.2, 0.25) is 0 Å². The molecule has 0 aliphatic carbocycles. The van der Waals surface area contributed by atoms with Gasteiger partial charge in [-0.15, -0.1) is 0 Å². The minimum Gasteiger partial charge on any atom is -0.192 e. The third-order valence-corrected chi connectivity index (χ3v) is 2.75. The van der Waals surface area contributed by atoms with Crippen molar-refractivity contribution in [2.75, 3.05) is 0 Å². The predicted octanol–water partition coefficient (Wildman–Crippen LogP) is 3.84. The van der Waals surface area contributed by atoms with Crippen LogP contribution in [0.5, 0.6) is 0 Å². The van der Waals surface area contributed by atoms with Gasteiger partial charge in [-0.25, -0.2) is 0 Å². The Morgan fingerprint density at radius 3 is 2.25 bits per heavy atom. The maximum Gasteiger partial charge on any atom is 0.100 e. The predicted molar refractivity (Wildman–Crippen MR) is 66.1 cm³/mol. The molecule has 0 unspecified atom stereocenters. The van der Waals surface area contributed by atoms with Gasteiger partial charge in [0.15, 0.2) is 0 Å². The zero-order chi connectivity index (χ0) is 11.5. The maximum absolute atomic E-state index is 9.17. The first-order valence-electron chi connectivity index (χ1n) is 5.29. The molecule has 0 N–H and O–H groups in total. The van der Waals surface area contributed by atoms with E-state index >= 15 is 0 Å². The van der Waals surface area contributed by atoms with E-state index in [0.717, 1.165) is 22.3 Å². The normalized spacial score (nSPS) is 9.81. The summed E-state index contributed by atoms with van der Waals surface area (Å²) in [5.41, 5.74) is 5.15. The van der Waals surface area contributed by atoms with Crippen LogP contribution in [0.4, 0.5) is 0 Å². The van der Waals surface area contributed by atoms with Gasteiger partial charge in [-0.1, -0.05) is 48.0 Å². The van der Waals surface area contributed by atoms with Crippen molar-refractivity contribution < 1.29 is 0 Å². The third kappa shape index (κ3) is 1.83. The first kappa shape index (κ1) is 10.4. The summed E-state index contributed by atoms with van der Waals surface area (Å²) in [6.45, 7) is 4.03. The second kappa shape index (κ2) is 4.20. The van der Waals surface area contributed by atoms with Gasteiger partial charge >= 0.3 is 0 Å². The SMILES string of the molecule is Cc1ccc(-c2cccc(C)c2C#N)cc1. The van der Waals surface area contributed by atoms with Gasteiger partial charge in [0, 0.05) is 0 Å². The van der Waals surface area contributed by atoms with Gasteiger partial charge in [0.05, 0.1) is 5.56 Å². The molecule has 0 amide bonds. The lowest BCUT2D eigenvalue weighted by Gasteiger charge is -2.06. The number of hydrogen-bond donors (Lipinski definition) is 0. The van der Waals surface area contributed by atoms with Crippen LogP contribution in [0.25, 0.3) is 11.1 Å². The Balaban J connectivity index is 2.61. The topological polar surface area (TPSA) is 23.8 Å². The van der Waals surface area contributed by atoms with Crippen LogP contribution >= 0.6 is 0 Å². The van der Waals surface area contributed by atoms with Crippen LogP contribution in [-0.2, 0) is 0 Å². The highest BCUT2D eigenvalue weighted by Gasteiger charge is 2.06. The average molecular weight is 207 g/mol. The number of nitriles is 1. The summed E-state index contributed by atoms with van der Waals surface area (Å²) < 4.78 is 0. The highest BCUT2D eigenvalue weighted by molar-refractivity contribution is 5.72. The minimum atomic E-state index is 0.770. The van der Waals surface area contributed by atoms with E-state index in [1.54, 1.807) is 0 Å². The Kier molecular flexibility index (Phi) is 2.74. The smallest absolute Gasteiger partial charge is 0.100 e. The Hall–Kier alpha value is -2.07. The molecule has 0 heterocycles. The number of hydrogen-bond acceptors (Lipinski definition) is 1. The van der Waals surface area contributed by atoms with E-state index < -0.39 is 0 Å². The Labute approximate surface area is 96.0 Å². The van der Waals surface area contributed by atoms with Crippen molar-refractivity contribution in [1.82, 2.24) is 0 Å². The molecular formula is C15H13N. The molecule has 0 radical (unpaired) electrons. The van der Waals surface area contributed by atoms with Gasteiger partial charge in [-0.2, -0.15) is 5.26 Å². The van der Waals surface area contributed by atoms with Crippen LogP contribution in [0, 0.1) is 25.2 Å². The molecule has 16 heavy (non-hydrogen) atoms. The lowest BCUT2D eigenvalue weighted by Crippen LogP contribution is -1.88. The van der Waals surface area contributed by atoms with E-state index in [0.29, 0.717) is 0 Å². The standard InChI is InChI=1S/C15H13N/c1-11-6-8-13(9-7-11)14-5-3-4-12(2)15(14)10-16/h3-9H,1-2H3. The molecule has 2 aromatic carbocycles. The number of nitrogens with zero attached hydrogens (tertiary/aromatic N) is 1. The molecule has 0 saturated heterocycles. The van der Waals surface area contributed by atoms with Crippen LogP contribution in [0.2, 0.25) is 0 Å². The van der Waals surface area contributed by atoms with Crippen molar-refractivity contribution in [3.8, 4) is 17.2 Å². The van der Waals surface area contributed by atoms with Crippen molar-refractivity contribution in [1.29, 1.82) is 5.26 Å². The van der Waals surface area contributed by atoms with Gasteiger partial charge in [0.25, 0.3) is 0 Å². The quantitative estimate of drug-likeness (QED) is 0.697. The van der Waals surface area contributed by atoms with Crippen LogP contribution in [0.3, 0.4) is 0 Å². The largest absolute Gasteiger partial charge is 0.192 e. The molecule has 0 aliphatic heterocycles. The summed E-state index contributed by atoms with van der Waals surface area (Å²) in [6, 6.07) is 16.5. The molecular weight excluding hydrogens is 194 g/mol. The molecule has 0 atom stereocenters. The van der Waals surface area contributed by atoms with E-state index in [-0.39, 0.29) is 0 Å². The minimum absolute atomic E-state index is 0.770. The van der Waals surface area contributed by atoms with Crippen molar-refractivity contribution in [3.05, 3.63) is 59.2 Å². The summed E-state index contributed by atoms with van der Waals surface area (Å²) in [5, 5.41) is 9.17. The van der Waals surface area contributed by atoms with E-state index in [9.17, 15) is 0 Å². The molecule has 78 valence electrons. The summed E-state index contributed by atoms with van der Waals surface area (Å²) in [6.07, 6.45) is 0. The molecule has 0 spiro atoms. The zero-order valence-corrected chi connectivity index (χ0v) is 9.49. The molecule has 2 rings (SSSR count). The summed E-state index contributed by atoms with van der Waals surface area (Å²) in [7, 11) is 0. The second-order valence-corrected chi connectivity index (χ2v) is 3.98. The highest BCUT2D eigenvalue weighted by Crippen LogP contribution is 2.25. The molecule has 0 bridgehead atoms. The molecule has 0 aliphatic rings. The lowest BCUT2D eigenvalue weighted by molar-refractivity contribution is 1.38. The maximum atomic E-state index is 9.17. The summed E-state index contributed by atoms with van der Waals surface area (Å²) in [5.74, 6) is 0. The molecule has 0 aromatic heterocycles. The average Bonchev–Trinajstić information content (AvgIpc) is 2.30. The fourth-order valence-electron chi connectivity index (χ4n) is 1.79. The summed E-state index contributed by atoms with van der Waals surface area (Å²) in [4.78, 5) is 0. The number of aryl methyl sites for hydroxylation is 2. The second-order valence-electron chi connectivity index (χ2n) is 3.98. The molecule has 2 aromatic rings. The Morgan fingerprint density at radius 2 is 1.62 bits per heavy atom. The van der Waals surface area contributed by atoms with Crippen LogP contribution in [-0.4, -0.2) is 0 Å². The Morgan fingerprint density at radius 1 is 0.938 bits per heavy atom. The van der Waals surface area contributed by atoms with E-state index in [1.807, 2.05) is 25.1 Å². The third-order valence-electron chi connectivity index (χ3n) is 2.75. The molecule has 0 fully saturated rings. The fraction of sp³-hybridized carbons (Fsp3) is 0.133. The van der Waals surface area contributed by atoms with Crippen molar-refractivity contribution >= 4 is 0 Å². The van der Waals surface area contributed by atoms with Crippen molar-refractivity contribution in [2.24, 2.45) is 0 Å². The van der Waals surface area contributed by atoms with E-state index in [2.05, 4.69) is 37.3 Å². The van der Waals surface area contributed by atoms with Crippen LogP contribution < -0.4 is 0 Å². The number of benzene rings is 2. The van der Waals surface area contributed by atoms with Crippen LogP contribution in [0.1, 0.15) is 16.7 Å². The van der Waals surface area contributed by atoms with Crippen LogP contribution in [0.15, 0.2) is 42.5 Å². The molecule has 0 saturated carbocycles. The highest BCUT2D eigenvalue weighted by atomic mass is 14.3. The summed E-state index contributed by atoms with van der Waals surface area (Å²) >= 11 is 0. The molecule has 1 heteroatoms. The van der Waals surface area contributed by atoms with Gasteiger partial charge in [-0.05, 0) is 30.5 Å². The first-order valence-corrected chi connectivity index (χ1v) is 5.29. The van der Waals surface area contributed by atoms with Crippen molar-refractivity contribution in [3.63, 3.8) is 0 Å². The fourth-order valence-corrected chi connectivity index (χ4v) is 1.79.